The molecule has 3 heterocycles. The molecule has 0 radical (unpaired) electrons. The van der Waals surface area contributed by atoms with Crippen molar-refractivity contribution in [3.05, 3.63) is 35.0 Å². The molecular formula is C36H50FN5O7S. The first-order valence-electron chi connectivity index (χ1n) is 17.3. The summed E-state index contributed by atoms with van der Waals surface area (Å²) in [6.45, 7) is 13.7. The number of piperidine rings is 1. The van der Waals surface area contributed by atoms with Crippen molar-refractivity contribution in [2.24, 2.45) is 5.41 Å². The number of benzene rings is 1. The standard InChI is InChI=1S/C36H50FN5O7S/c1-21-28(50-20-39-21)22-8-9-23(27(16-22)48-25-10-14-41(15-11-25)33(47)49-35(5,6)7)18-38-30(44)26-17-24(43)19-42(26)31(45)29(34(2,3)4)40-32(46)36(37)12-13-36/h8-9,16,20,24-26,29,43H,10-15,17-19H2,1-7H3,(H,38,44)(H,40,46)/t24-,26+,29-/m1/s1. The van der Waals surface area contributed by atoms with Crippen LogP contribution < -0.4 is 15.4 Å². The predicted molar refractivity (Wildman–Crippen MR) is 186 cm³/mol. The first kappa shape index (κ1) is 37.5. The van der Waals surface area contributed by atoms with E-state index in [0.717, 1.165) is 16.1 Å². The zero-order chi connectivity index (χ0) is 36.6. The number of nitrogens with zero attached hydrogens (tertiary/aromatic N) is 3. The number of carbonyl (C=O) groups excluding carboxylic acids is 4. The fourth-order valence-corrected chi connectivity index (χ4v) is 7.01. The van der Waals surface area contributed by atoms with E-state index in [2.05, 4.69) is 15.6 Å². The predicted octanol–water partition coefficient (Wildman–Crippen LogP) is 4.51. The summed E-state index contributed by atoms with van der Waals surface area (Å²) in [5, 5.41) is 16.1. The molecule has 1 aliphatic carbocycles. The number of aromatic nitrogens is 1. The summed E-state index contributed by atoms with van der Waals surface area (Å²) >= 11 is 1.52. The number of alkyl halides is 1. The van der Waals surface area contributed by atoms with Crippen LogP contribution in [0.3, 0.4) is 0 Å². The minimum absolute atomic E-state index is 0.0264. The number of aliphatic hydroxyl groups is 1. The third-order valence-electron chi connectivity index (χ3n) is 9.26. The van der Waals surface area contributed by atoms with Crippen molar-refractivity contribution in [2.75, 3.05) is 19.6 Å². The topological polar surface area (TPSA) is 150 Å². The van der Waals surface area contributed by atoms with Crippen molar-refractivity contribution in [3.63, 3.8) is 0 Å². The van der Waals surface area contributed by atoms with Gasteiger partial charge < -0.3 is 35.0 Å². The average molecular weight is 716 g/mol. The van der Waals surface area contributed by atoms with Crippen molar-refractivity contribution < 1.29 is 38.1 Å². The summed E-state index contributed by atoms with van der Waals surface area (Å²) in [7, 11) is 0. The van der Waals surface area contributed by atoms with Crippen molar-refractivity contribution in [1.82, 2.24) is 25.4 Å². The molecule has 14 heteroatoms. The summed E-state index contributed by atoms with van der Waals surface area (Å²) in [5.41, 5.74) is 0.987. The molecule has 12 nitrogen and oxygen atoms in total. The maximum Gasteiger partial charge on any atom is 0.410 e. The molecule has 5 rings (SSSR count). The molecule has 1 aromatic carbocycles. The van der Waals surface area contributed by atoms with Crippen LogP contribution in [0.15, 0.2) is 23.7 Å². The van der Waals surface area contributed by atoms with E-state index in [1.807, 2.05) is 45.9 Å². The van der Waals surface area contributed by atoms with E-state index in [-0.39, 0.29) is 44.5 Å². The Hall–Kier alpha value is -3.78. The first-order chi connectivity index (χ1) is 23.3. The molecule has 3 aliphatic rings. The Morgan fingerprint density at radius 2 is 1.80 bits per heavy atom. The van der Waals surface area contributed by atoms with Crippen LogP contribution in [-0.2, 0) is 25.7 Å². The van der Waals surface area contributed by atoms with E-state index >= 15 is 0 Å². The summed E-state index contributed by atoms with van der Waals surface area (Å²) in [5.74, 6) is -1.25. The molecule has 1 aromatic heterocycles. The molecule has 3 fully saturated rings. The number of likely N-dealkylation sites (tertiary alicyclic amines) is 2. The van der Waals surface area contributed by atoms with Gasteiger partial charge in [0, 0.05) is 51.0 Å². The van der Waals surface area contributed by atoms with Crippen molar-refractivity contribution in [3.8, 4) is 16.2 Å². The van der Waals surface area contributed by atoms with E-state index < -0.39 is 52.6 Å². The monoisotopic (exact) mass is 715 g/mol. The van der Waals surface area contributed by atoms with Crippen LogP contribution in [0.1, 0.15) is 84.9 Å². The summed E-state index contributed by atoms with van der Waals surface area (Å²) in [6.07, 6.45) is -0.0208. The van der Waals surface area contributed by atoms with Gasteiger partial charge in [-0.25, -0.2) is 14.2 Å². The Bertz CT molecular complexity index is 1590. The molecule has 2 saturated heterocycles. The summed E-state index contributed by atoms with van der Waals surface area (Å²) in [6, 6.07) is 3.70. The molecule has 50 heavy (non-hydrogen) atoms. The van der Waals surface area contributed by atoms with E-state index in [4.69, 9.17) is 9.47 Å². The largest absolute Gasteiger partial charge is 0.490 e. The second kappa shape index (κ2) is 14.5. The number of nitrogens with one attached hydrogen (secondary N) is 2. The van der Waals surface area contributed by atoms with Crippen LogP contribution in [-0.4, -0.2) is 98.9 Å². The Morgan fingerprint density at radius 3 is 2.38 bits per heavy atom. The number of thiazole rings is 1. The number of β-amino-alcohol motifs (C(OH)–C–C–N with tert-alkyl or cyclic N) is 1. The highest BCUT2D eigenvalue weighted by molar-refractivity contribution is 7.13. The van der Waals surface area contributed by atoms with Gasteiger partial charge >= 0.3 is 6.09 Å². The van der Waals surface area contributed by atoms with Gasteiger partial charge in [-0.15, -0.1) is 11.3 Å². The molecule has 1 saturated carbocycles. The maximum absolute atomic E-state index is 14.5. The zero-order valence-electron chi connectivity index (χ0n) is 30.0. The van der Waals surface area contributed by atoms with Crippen LogP contribution in [0, 0.1) is 12.3 Å². The van der Waals surface area contributed by atoms with Gasteiger partial charge in [0.05, 0.1) is 22.2 Å². The minimum atomic E-state index is -1.96. The number of halogens is 1. The average Bonchev–Trinajstić information content (AvgIpc) is 3.44. The molecule has 0 spiro atoms. The van der Waals surface area contributed by atoms with Crippen LogP contribution >= 0.6 is 11.3 Å². The number of rotatable bonds is 9. The quantitative estimate of drug-likeness (QED) is 0.344. The first-order valence-corrected chi connectivity index (χ1v) is 18.2. The van der Waals surface area contributed by atoms with E-state index in [1.165, 1.54) is 16.2 Å². The van der Waals surface area contributed by atoms with Crippen LogP contribution in [0.25, 0.3) is 10.4 Å². The van der Waals surface area contributed by atoms with Crippen LogP contribution in [0.4, 0.5) is 9.18 Å². The fraction of sp³-hybridized carbons (Fsp3) is 0.639. The molecular weight excluding hydrogens is 665 g/mol. The lowest BCUT2D eigenvalue weighted by Crippen LogP contribution is -2.59. The Labute approximate surface area is 297 Å². The third kappa shape index (κ3) is 8.92. The van der Waals surface area contributed by atoms with Gasteiger partial charge in [0.1, 0.15) is 29.5 Å². The SMILES string of the molecule is Cc1ncsc1-c1ccc(CNC(=O)[C@@H]2C[C@@H](O)CN2C(=O)[C@@H](NC(=O)C2(F)CC2)C(C)(C)C)c(OC2CCN(C(=O)OC(C)(C)C)CC2)c1. The smallest absolute Gasteiger partial charge is 0.410 e. The number of aryl methyl sites for hydroxylation is 1. The maximum atomic E-state index is 14.5. The zero-order valence-corrected chi connectivity index (χ0v) is 30.8. The van der Waals surface area contributed by atoms with Crippen molar-refractivity contribution >= 4 is 35.2 Å². The molecule has 2 aliphatic heterocycles. The van der Waals surface area contributed by atoms with E-state index in [0.29, 0.717) is 37.2 Å². The summed E-state index contributed by atoms with van der Waals surface area (Å²) in [4.78, 5) is 61.1. The van der Waals surface area contributed by atoms with E-state index in [1.54, 1.807) is 31.2 Å². The van der Waals surface area contributed by atoms with Gasteiger partial charge in [-0.3, -0.25) is 14.4 Å². The normalized spacial score (nSPS) is 21.4. The van der Waals surface area contributed by atoms with Crippen molar-refractivity contribution in [1.29, 1.82) is 0 Å². The number of ether oxygens (including phenoxy) is 2. The van der Waals surface area contributed by atoms with Crippen LogP contribution in [0.2, 0.25) is 0 Å². The lowest BCUT2D eigenvalue weighted by molar-refractivity contribution is -0.145. The second-order valence-corrected chi connectivity index (χ2v) is 16.6. The fourth-order valence-electron chi connectivity index (χ4n) is 6.21. The van der Waals surface area contributed by atoms with Gasteiger partial charge in [0.2, 0.25) is 11.8 Å². The second-order valence-electron chi connectivity index (χ2n) is 15.7. The Kier molecular flexibility index (Phi) is 10.8. The molecule has 274 valence electrons. The lowest BCUT2D eigenvalue weighted by atomic mass is 9.85. The van der Waals surface area contributed by atoms with Gasteiger partial charge in [0.25, 0.3) is 5.91 Å². The number of amides is 4. The third-order valence-corrected chi connectivity index (χ3v) is 10.2. The Balaban J connectivity index is 1.29. The number of carbonyl (C=O) groups is 4. The highest BCUT2D eigenvalue weighted by atomic mass is 32.1. The van der Waals surface area contributed by atoms with Gasteiger partial charge in [-0.05, 0) is 57.6 Å². The van der Waals surface area contributed by atoms with Crippen LogP contribution in [0.5, 0.6) is 5.75 Å². The molecule has 2 aromatic rings. The Morgan fingerprint density at radius 1 is 1.12 bits per heavy atom. The minimum Gasteiger partial charge on any atom is -0.490 e. The number of hydrogen-bond acceptors (Lipinski definition) is 9. The highest BCUT2D eigenvalue weighted by Crippen LogP contribution is 2.40. The van der Waals surface area contributed by atoms with Gasteiger partial charge in [-0.1, -0.05) is 32.9 Å². The summed E-state index contributed by atoms with van der Waals surface area (Å²) < 4.78 is 26.6. The number of aliphatic hydroxyl groups excluding tert-OH is 1. The van der Waals surface area contributed by atoms with E-state index in [9.17, 15) is 28.7 Å². The molecule has 0 bridgehead atoms. The highest BCUT2D eigenvalue weighted by Gasteiger charge is 2.53. The molecule has 3 atom stereocenters. The molecule has 0 unspecified atom stereocenters. The molecule has 4 amide bonds. The van der Waals surface area contributed by atoms with Gasteiger partial charge in [0.15, 0.2) is 5.67 Å². The van der Waals surface area contributed by atoms with Gasteiger partial charge in [-0.2, -0.15) is 0 Å². The molecule has 3 N–H and O–H groups in total. The van der Waals surface area contributed by atoms with Crippen molar-refractivity contribution in [2.45, 2.75) is 123 Å². The lowest BCUT2D eigenvalue weighted by Gasteiger charge is -2.35. The number of hydrogen-bond donors (Lipinski definition) is 3.